The zero-order valence-corrected chi connectivity index (χ0v) is 16.0. The lowest BCUT2D eigenvalue weighted by Gasteiger charge is -2.36. The Morgan fingerprint density at radius 2 is 1.81 bits per heavy atom. The Labute approximate surface area is 160 Å². The van der Waals surface area contributed by atoms with Gasteiger partial charge in [0.2, 0.25) is 5.91 Å². The molecule has 7 heteroatoms. The molecule has 2 saturated heterocycles. The summed E-state index contributed by atoms with van der Waals surface area (Å²) in [5, 5.41) is 2.98. The van der Waals surface area contributed by atoms with Crippen LogP contribution in [0.25, 0.3) is 0 Å². The normalized spacial score (nSPS) is 20.4. The number of ether oxygens (including phenoxy) is 3. The SMILES string of the molecule is COC(=O)c1ccc(CNC(=O)[C@H](C)N2CCC(C3OCCO3)CC2)cc1. The Bertz CT molecular complexity index is 634. The maximum atomic E-state index is 12.5. The van der Waals surface area contributed by atoms with Crippen LogP contribution in [0.15, 0.2) is 24.3 Å². The van der Waals surface area contributed by atoms with Gasteiger partial charge in [0.25, 0.3) is 0 Å². The minimum atomic E-state index is -0.365. The van der Waals surface area contributed by atoms with E-state index in [2.05, 4.69) is 15.0 Å². The molecule has 2 aliphatic rings. The van der Waals surface area contributed by atoms with Crippen molar-refractivity contribution in [1.82, 2.24) is 10.2 Å². The number of esters is 1. The fourth-order valence-corrected chi connectivity index (χ4v) is 3.61. The lowest BCUT2D eigenvalue weighted by molar-refractivity contribution is -0.128. The minimum absolute atomic E-state index is 0.0128. The van der Waals surface area contributed by atoms with Crippen molar-refractivity contribution in [2.45, 2.75) is 38.6 Å². The zero-order chi connectivity index (χ0) is 19.2. The van der Waals surface area contributed by atoms with E-state index in [1.54, 1.807) is 12.1 Å². The number of hydrogen-bond acceptors (Lipinski definition) is 6. The van der Waals surface area contributed by atoms with Crippen LogP contribution in [-0.2, 0) is 25.5 Å². The molecule has 7 nitrogen and oxygen atoms in total. The predicted octanol–water partition coefficient (Wildman–Crippen LogP) is 1.56. The van der Waals surface area contributed by atoms with Crippen LogP contribution >= 0.6 is 0 Å². The van der Waals surface area contributed by atoms with E-state index in [0.29, 0.717) is 31.2 Å². The maximum Gasteiger partial charge on any atom is 0.337 e. The number of methoxy groups -OCH3 is 1. The first-order chi connectivity index (χ1) is 13.1. The zero-order valence-electron chi connectivity index (χ0n) is 16.0. The van der Waals surface area contributed by atoms with Crippen molar-refractivity contribution < 1.29 is 23.8 Å². The molecule has 0 unspecified atom stereocenters. The molecule has 0 spiro atoms. The Morgan fingerprint density at radius 1 is 1.19 bits per heavy atom. The van der Waals surface area contributed by atoms with Crippen molar-refractivity contribution >= 4 is 11.9 Å². The van der Waals surface area contributed by atoms with Gasteiger partial charge in [0.15, 0.2) is 6.29 Å². The highest BCUT2D eigenvalue weighted by Crippen LogP contribution is 2.26. The highest BCUT2D eigenvalue weighted by molar-refractivity contribution is 5.89. The van der Waals surface area contributed by atoms with Crippen molar-refractivity contribution in [2.75, 3.05) is 33.4 Å². The van der Waals surface area contributed by atoms with Gasteiger partial charge in [-0.3, -0.25) is 9.69 Å². The predicted molar refractivity (Wildman–Crippen MR) is 99.1 cm³/mol. The first kappa shape index (κ1) is 19.8. The van der Waals surface area contributed by atoms with E-state index in [-0.39, 0.29) is 24.2 Å². The molecule has 3 rings (SSSR count). The number of carbonyl (C=O) groups is 2. The van der Waals surface area contributed by atoms with Crippen molar-refractivity contribution in [1.29, 1.82) is 0 Å². The van der Waals surface area contributed by atoms with E-state index in [9.17, 15) is 9.59 Å². The van der Waals surface area contributed by atoms with Gasteiger partial charge in [-0.25, -0.2) is 4.79 Å². The van der Waals surface area contributed by atoms with Crippen molar-refractivity contribution in [3.05, 3.63) is 35.4 Å². The summed E-state index contributed by atoms with van der Waals surface area (Å²) in [7, 11) is 1.36. The van der Waals surface area contributed by atoms with Gasteiger partial charge >= 0.3 is 5.97 Å². The Morgan fingerprint density at radius 3 is 2.41 bits per heavy atom. The molecule has 2 heterocycles. The molecule has 148 valence electrons. The third-order valence-electron chi connectivity index (χ3n) is 5.38. The summed E-state index contributed by atoms with van der Waals surface area (Å²) in [5.41, 5.74) is 1.44. The molecule has 27 heavy (non-hydrogen) atoms. The Hall–Kier alpha value is -1.96. The topological polar surface area (TPSA) is 77.1 Å². The highest BCUT2D eigenvalue weighted by Gasteiger charge is 2.33. The van der Waals surface area contributed by atoms with Crippen LogP contribution in [0.2, 0.25) is 0 Å². The summed E-state index contributed by atoms with van der Waals surface area (Å²) < 4.78 is 15.9. The molecule has 0 aliphatic carbocycles. The van der Waals surface area contributed by atoms with E-state index in [1.807, 2.05) is 19.1 Å². The van der Waals surface area contributed by atoms with Crippen molar-refractivity contribution in [3.63, 3.8) is 0 Å². The van der Waals surface area contributed by atoms with E-state index < -0.39 is 0 Å². The minimum Gasteiger partial charge on any atom is -0.465 e. The van der Waals surface area contributed by atoms with Crippen LogP contribution in [0, 0.1) is 5.92 Å². The van der Waals surface area contributed by atoms with Gasteiger partial charge in [-0.2, -0.15) is 0 Å². The van der Waals surface area contributed by atoms with Gasteiger partial charge in [-0.15, -0.1) is 0 Å². The summed E-state index contributed by atoms with van der Waals surface area (Å²) in [6.07, 6.45) is 1.90. The second kappa shape index (κ2) is 9.30. The average Bonchev–Trinajstić information content (AvgIpc) is 3.26. The van der Waals surface area contributed by atoms with Crippen LogP contribution in [-0.4, -0.2) is 62.5 Å². The number of rotatable bonds is 6. The third kappa shape index (κ3) is 5.06. The monoisotopic (exact) mass is 376 g/mol. The summed E-state index contributed by atoms with van der Waals surface area (Å²) >= 11 is 0. The molecule has 0 aromatic heterocycles. The van der Waals surface area contributed by atoms with Crippen molar-refractivity contribution in [2.24, 2.45) is 5.92 Å². The molecule has 2 fully saturated rings. The quantitative estimate of drug-likeness (QED) is 0.760. The van der Waals surface area contributed by atoms with E-state index in [1.165, 1.54) is 7.11 Å². The first-order valence-corrected chi connectivity index (χ1v) is 9.50. The van der Waals surface area contributed by atoms with Crippen LogP contribution in [0.3, 0.4) is 0 Å². The van der Waals surface area contributed by atoms with E-state index >= 15 is 0 Å². The Kier molecular flexibility index (Phi) is 6.82. The molecule has 1 atom stereocenters. The number of likely N-dealkylation sites (tertiary alicyclic amines) is 1. The Balaban J connectivity index is 1.43. The smallest absolute Gasteiger partial charge is 0.337 e. The molecule has 1 amide bonds. The van der Waals surface area contributed by atoms with E-state index in [0.717, 1.165) is 31.5 Å². The fourth-order valence-electron chi connectivity index (χ4n) is 3.61. The highest BCUT2D eigenvalue weighted by atomic mass is 16.7. The van der Waals surface area contributed by atoms with Crippen LogP contribution in [0.5, 0.6) is 0 Å². The number of nitrogens with one attached hydrogen (secondary N) is 1. The van der Waals surface area contributed by atoms with Gasteiger partial charge in [0, 0.05) is 12.5 Å². The molecule has 0 bridgehead atoms. The lowest BCUT2D eigenvalue weighted by atomic mass is 9.95. The molecular weight excluding hydrogens is 348 g/mol. The molecular formula is C20H28N2O5. The number of piperidine rings is 1. The third-order valence-corrected chi connectivity index (χ3v) is 5.38. The second-order valence-electron chi connectivity index (χ2n) is 7.07. The van der Waals surface area contributed by atoms with Gasteiger partial charge in [0.1, 0.15) is 0 Å². The molecule has 1 aromatic carbocycles. The number of hydrogen-bond donors (Lipinski definition) is 1. The number of benzene rings is 1. The van der Waals surface area contributed by atoms with E-state index in [4.69, 9.17) is 9.47 Å². The van der Waals surface area contributed by atoms with Crippen LogP contribution < -0.4 is 5.32 Å². The first-order valence-electron chi connectivity index (χ1n) is 9.50. The molecule has 1 aromatic rings. The van der Waals surface area contributed by atoms with Crippen molar-refractivity contribution in [3.8, 4) is 0 Å². The molecule has 2 aliphatic heterocycles. The van der Waals surface area contributed by atoms with Gasteiger partial charge < -0.3 is 19.5 Å². The number of amides is 1. The second-order valence-corrected chi connectivity index (χ2v) is 7.07. The average molecular weight is 376 g/mol. The van der Waals surface area contributed by atoms with Gasteiger partial charge in [0.05, 0.1) is 31.9 Å². The number of carbonyl (C=O) groups excluding carboxylic acids is 2. The summed E-state index contributed by atoms with van der Waals surface area (Å²) in [6, 6.07) is 6.88. The van der Waals surface area contributed by atoms with Crippen LogP contribution in [0.1, 0.15) is 35.7 Å². The standard InChI is InChI=1S/C20H28N2O5/c1-14(22-9-7-17(8-10-22)20-26-11-12-27-20)18(23)21-13-15-3-5-16(6-4-15)19(24)25-2/h3-6,14,17,20H,7-13H2,1-2H3,(H,21,23)/t14-/m0/s1. The molecule has 1 N–H and O–H groups in total. The maximum absolute atomic E-state index is 12.5. The van der Waals surface area contributed by atoms with Gasteiger partial charge in [-0.05, 0) is 50.6 Å². The molecule has 0 saturated carbocycles. The fraction of sp³-hybridized carbons (Fsp3) is 0.600. The lowest BCUT2D eigenvalue weighted by Crippen LogP contribution is -2.49. The molecule has 0 radical (unpaired) electrons. The summed E-state index contributed by atoms with van der Waals surface area (Å²) in [4.78, 5) is 26.2. The van der Waals surface area contributed by atoms with Crippen LogP contribution in [0.4, 0.5) is 0 Å². The largest absolute Gasteiger partial charge is 0.465 e. The number of nitrogens with zero attached hydrogens (tertiary/aromatic N) is 1. The van der Waals surface area contributed by atoms with Gasteiger partial charge in [-0.1, -0.05) is 12.1 Å². The summed E-state index contributed by atoms with van der Waals surface area (Å²) in [5.74, 6) is 0.0715. The summed E-state index contributed by atoms with van der Waals surface area (Å²) in [6.45, 7) is 5.49.